The number of aliphatic hydroxyl groups excluding tert-OH is 1. The van der Waals surface area contributed by atoms with E-state index in [1.807, 2.05) is 33.4 Å². The molecule has 0 spiro atoms. The molecule has 132 valence electrons. The average molecular weight is 347 g/mol. The summed E-state index contributed by atoms with van der Waals surface area (Å²) in [4.78, 5) is 0. The molecule has 5 heteroatoms. The Hall–Kier alpha value is -3.05. The van der Waals surface area contributed by atoms with Crippen molar-refractivity contribution < 1.29 is 9.52 Å². The van der Waals surface area contributed by atoms with E-state index in [2.05, 4.69) is 31.2 Å². The number of imidazole rings is 1. The van der Waals surface area contributed by atoms with Crippen LogP contribution >= 0.6 is 0 Å². The maximum absolute atomic E-state index is 10.5. The number of aliphatic hydroxyl groups is 1. The zero-order valence-electron chi connectivity index (χ0n) is 14.6. The van der Waals surface area contributed by atoms with Crippen LogP contribution in [0.1, 0.15) is 23.0 Å². The van der Waals surface area contributed by atoms with Crippen LogP contribution in [0, 0.1) is 12.3 Å². The lowest BCUT2D eigenvalue weighted by Gasteiger charge is -2.10. The molecule has 0 fully saturated rings. The van der Waals surface area contributed by atoms with Crippen molar-refractivity contribution in [3.8, 4) is 0 Å². The summed E-state index contributed by atoms with van der Waals surface area (Å²) in [5, 5.41) is 19.1. The number of aryl methyl sites for hydroxylation is 1. The monoisotopic (exact) mass is 347 g/mol. The third-order valence-electron chi connectivity index (χ3n) is 4.66. The van der Waals surface area contributed by atoms with Crippen molar-refractivity contribution in [1.82, 2.24) is 9.13 Å². The Morgan fingerprint density at radius 1 is 0.962 bits per heavy atom. The number of furan rings is 1. The van der Waals surface area contributed by atoms with E-state index in [0.29, 0.717) is 17.9 Å². The Morgan fingerprint density at radius 2 is 1.65 bits per heavy atom. The summed E-state index contributed by atoms with van der Waals surface area (Å²) in [6.45, 7) is 2.95. The van der Waals surface area contributed by atoms with Gasteiger partial charge in [-0.15, -0.1) is 0 Å². The van der Waals surface area contributed by atoms with Crippen molar-refractivity contribution in [2.24, 2.45) is 0 Å². The van der Waals surface area contributed by atoms with Gasteiger partial charge in [0.2, 0.25) is 5.62 Å². The molecule has 0 aliphatic carbocycles. The molecule has 0 aliphatic heterocycles. The van der Waals surface area contributed by atoms with Crippen LogP contribution in [0.3, 0.4) is 0 Å². The summed E-state index contributed by atoms with van der Waals surface area (Å²) in [5.41, 5.74) is 4.62. The van der Waals surface area contributed by atoms with Gasteiger partial charge in [-0.25, -0.2) is 0 Å². The molecular weight excluding hydrogens is 326 g/mol. The fourth-order valence-electron chi connectivity index (χ4n) is 3.26. The van der Waals surface area contributed by atoms with E-state index < -0.39 is 6.10 Å². The predicted octanol–water partition coefficient (Wildman–Crippen LogP) is 3.61. The van der Waals surface area contributed by atoms with Crippen LogP contribution in [0.2, 0.25) is 0 Å². The third-order valence-corrected chi connectivity index (χ3v) is 4.66. The molecule has 0 radical (unpaired) electrons. The maximum atomic E-state index is 10.5. The van der Waals surface area contributed by atoms with Gasteiger partial charge in [-0.2, -0.15) is 0 Å². The van der Waals surface area contributed by atoms with Gasteiger partial charge in [0, 0.05) is 0 Å². The molecule has 2 aromatic heterocycles. The van der Waals surface area contributed by atoms with Crippen molar-refractivity contribution >= 4 is 11.0 Å². The van der Waals surface area contributed by atoms with Gasteiger partial charge in [0.25, 0.3) is 0 Å². The quantitative estimate of drug-likeness (QED) is 0.579. The highest BCUT2D eigenvalue weighted by atomic mass is 16.4. The molecule has 0 saturated carbocycles. The maximum Gasteiger partial charge on any atom is 0.203 e. The standard InChI is InChI=1S/C21H21N3O2/c1-15-8-10-16(11-9-15)13-23-17-5-2-3-6-18(17)24(21(23)22)14-19(25)20-7-4-12-26-20/h2-12,19,22,25H,13-14H2,1H3/t19-/m1/s1. The molecule has 1 atom stereocenters. The van der Waals surface area contributed by atoms with Gasteiger partial charge in [-0.05, 0) is 36.8 Å². The Morgan fingerprint density at radius 3 is 2.31 bits per heavy atom. The lowest BCUT2D eigenvalue weighted by molar-refractivity contribution is 0.130. The Labute approximate surface area is 151 Å². The van der Waals surface area contributed by atoms with Crippen LogP contribution in [0.5, 0.6) is 0 Å². The van der Waals surface area contributed by atoms with E-state index in [0.717, 1.165) is 16.6 Å². The highest BCUT2D eigenvalue weighted by Gasteiger charge is 2.16. The van der Waals surface area contributed by atoms with Crippen molar-refractivity contribution in [2.75, 3.05) is 0 Å². The van der Waals surface area contributed by atoms with Gasteiger partial charge >= 0.3 is 0 Å². The molecule has 2 heterocycles. The van der Waals surface area contributed by atoms with Crippen molar-refractivity contribution in [3.63, 3.8) is 0 Å². The fourth-order valence-corrected chi connectivity index (χ4v) is 3.26. The second kappa shape index (κ2) is 6.69. The second-order valence-corrected chi connectivity index (χ2v) is 6.53. The van der Waals surface area contributed by atoms with Crippen LogP contribution in [0.25, 0.3) is 11.0 Å². The third kappa shape index (κ3) is 2.97. The Bertz CT molecular complexity index is 1070. The van der Waals surface area contributed by atoms with Crippen molar-refractivity contribution in [1.29, 1.82) is 5.41 Å². The van der Waals surface area contributed by atoms with Crippen molar-refractivity contribution in [2.45, 2.75) is 26.1 Å². The first-order valence-electron chi connectivity index (χ1n) is 8.63. The van der Waals surface area contributed by atoms with E-state index in [1.165, 1.54) is 5.56 Å². The first kappa shape index (κ1) is 16.4. The van der Waals surface area contributed by atoms with E-state index in [4.69, 9.17) is 9.83 Å². The molecule has 0 unspecified atom stereocenters. The van der Waals surface area contributed by atoms with Gasteiger partial charge in [0.05, 0.1) is 30.4 Å². The molecule has 5 nitrogen and oxygen atoms in total. The number of hydrogen-bond acceptors (Lipinski definition) is 3. The minimum atomic E-state index is -0.794. The topological polar surface area (TPSA) is 67.1 Å². The highest BCUT2D eigenvalue weighted by Crippen LogP contribution is 2.19. The number of para-hydroxylation sites is 2. The molecule has 4 rings (SSSR count). The lowest BCUT2D eigenvalue weighted by atomic mass is 10.1. The van der Waals surface area contributed by atoms with Crippen LogP contribution in [-0.4, -0.2) is 14.2 Å². The highest BCUT2D eigenvalue weighted by molar-refractivity contribution is 5.76. The van der Waals surface area contributed by atoms with E-state index in [1.54, 1.807) is 18.4 Å². The minimum Gasteiger partial charge on any atom is -0.467 e. The van der Waals surface area contributed by atoms with E-state index in [-0.39, 0.29) is 6.54 Å². The van der Waals surface area contributed by atoms with Gasteiger partial charge in [0.1, 0.15) is 11.9 Å². The average Bonchev–Trinajstić information content (AvgIpc) is 3.27. The normalized spacial score (nSPS) is 12.5. The fraction of sp³-hybridized carbons (Fsp3) is 0.190. The minimum absolute atomic E-state index is 0.272. The van der Waals surface area contributed by atoms with Gasteiger partial charge in [-0.3, -0.25) is 5.41 Å². The summed E-state index contributed by atoms with van der Waals surface area (Å²) in [7, 11) is 0. The molecule has 4 aromatic rings. The molecule has 0 bridgehead atoms. The van der Waals surface area contributed by atoms with Crippen molar-refractivity contribution in [3.05, 3.63) is 89.4 Å². The first-order valence-corrected chi connectivity index (χ1v) is 8.63. The first-order chi connectivity index (χ1) is 12.6. The van der Waals surface area contributed by atoms with E-state index in [9.17, 15) is 5.11 Å². The van der Waals surface area contributed by atoms with Crippen LogP contribution < -0.4 is 5.62 Å². The number of aromatic nitrogens is 2. The summed E-state index contributed by atoms with van der Waals surface area (Å²) in [6.07, 6.45) is 0.753. The summed E-state index contributed by atoms with van der Waals surface area (Å²) < 4.78 is 9.10. The number of rotatable bonds is 5. The SMILES string of the molecule is Cc1ccc(Cn2c(=N)n(C[C@@H](O)c3ccco3)c3ccccc32)cc1. The molecule has 26 heavy (non-hydrogen) atoms. The van der Waals surface area contributed by atoms with Crippen LogP contribution in [0.4, 0.5) is 0 Å². The zero-order chi connectivity index (χ0) is 18.1. The Balaban J connectivity index is 1.75. The van der Waals surface area contributed by atoms with Gasteiger partial charge in [-0.1, -0.05) is 42.0 Å². The lowest BCUT2D eigenvalue weighted by Crippen LogP contribution is -2.27. The van der Waals surface area contributed by atoms with E-state index >= 15 is 0 Å². The number of nitrogens with zero attached hydrogens (tertiary/aromatic N) is 2. The number of benzene rings is 2. The summed E-state index contributed by atoms with van der Waals surface area (Å²) in [5.74, 6) is 0.507. The zero-order valence-corrected chi connectivity index (χ0v) is 14.6. The smallest absolute Gasteiger partial charge is 0.203 e. The number of hydrogen-bond donors (Lipinski definition) is 2. The van der Waals surface area contributed by atoms with Gasteiger partial charge < -0.3 is 18.7 Å². The summed E-state index contributed by atoms with van der Waals surface area (Å²) in [6, 6.07) is 19.8. The van der Waals surface area contributed by atoms with Crippen LogP contribution in [-0.2, 0) is 13.1 Å². The second-order valence-electron chi connectivity index (χ2n) is 6.53. The number of fused-ring (bicyclic) bond motifs is 1. The molecule has 2 N–H and O–H groups in total. The summed E-state index contributed by atoms with van der Waals surface area (Å²) >= 11 is 0. The molecule has 0 amide bonds. The molecule has 0 aliphatic rings. The Kier molecular flexibility index (Phi) is 4.22. The largest absolute Gasteiger partial charge is 0.467 e. The molecular formula is C21H21N3O2. The van der Waals surface area contributed by atoms with Crippen LogP contribution in [0.15, 0.2) is 71.3 Å². The predicted molar refractivity (Wildman–Crippen MR) is 99.7 cm³/mol. The molecule has 2 aromatic carbocycles. The molecule has 0 saturated heterocycles. The number of nitrogens with one attached hydrogen (secondary N) is 1. The van der Waals surface area contributed by atoms with Gasteiger partial charge in [0.15, 0.2) is 0 Å².